The minimum absolute atomic E-state index is 0.189. The Labute approximate surface area is 161 Å². The number of nitrogens with one attached hydrogen (secondary N) is 1. The maximum absolute atomic E-state index is 12.3. The fraction of sp³-hybridized carbons (Fsp3) is 0.368. The van der Waals surface area contributed by atoms with Crippen LogP contribution >= 0.6 is 11.3 Å². The van der Waals surface area contributed by atoms with E-state index in [0.717, 1.165) is 17.1 Å². The Morgan fingerprint density at radius 2 is 2.00 bits per heavy atom. The zero-order valence-corrected chi connectivity index (χ0v) is 16.1. The second-order valence-electron chi connectivity index (χ2n) is 6.08. The monoisotopic (exact) mass is 390 g/mol. The molecule has 7 nitrogen and oxygen atoms in total. The van der Waals surface area contributed by atoms with Gasteiger partial charge in [-0.2, -0.15) is 0 Å². The summed E-state index contributed by atoms with van der Waals surface area (Å²) in [4.78, 5) is 26.1. The molecule has 1 aromatic heterocycles. The quantitative estimate of drug-likeness (QED) is 0.733. The second-order valence-corrected chi connectivity index (χ2v) is 7.00. The van der Waals surface area contributed by atoms with E-state index in [4.69, 9.17) is 14.2 Å². The number of carbonyl (C=O) groups excluding carboxylic acids is 2. The van der Waals surface area contributed by atoms with E-state index < -0.39 is 5.97 Å². The van der Waals surface area contributed by atoms with E-state index in [1.807, 2.05) is 30.1 Å². The van der Waals surface area contributed by atoms with Gasteiger partial charge < -0.3 is 19.5 Å². The van der Waals surface area contributed by atoms with Crippen molar-refractivity contribution in [2.75, 3.05) is 38.7 Å². The van der Waals surface area contributed by atoms with Crippen molar-refractivity contribution >= 4 is 28.2 Å². The average Bonchev–Trinajstić information content (AvgIpc) is 3.09. The van der Waals surface area contributed by atoms with Crippen molar-refractivity contribution in [3.05, 3.63) is 40.8 Å². The number of anilines is 1. The van der Waals surface area contributed by atoms with Crippen LogP contribution in [0.25, 0.3) is 0 Å². The van der Waals surface area contributed by atoms with Crippen molar-refractivity contribution in [3.63, 3.8) is 0 Å². The van der Waals surface area contributed by atoms with Crippen LogP contribution in [0.3, 0.4) is 0 Å². The Kier molecular flexibility index (Phi) is 6.31. The van der Waals surface area contributed by atoms with Crippen molar-refractivity contribution < 1.29 is 23.8 Å². The summed E-state index contributed by atoms with van der Waals surface area (Å²) >= 11 is 1.30. The first-order valence-corrected chi connectivity index (χ1v) is 9.56. The lowest BCUT2D eigenvalue weighted by Gasteiger charge is -2.21. The summed E-state index contributed by atoms with van der Waals surface area (Å²) in [6, 6.07) is 7.42. The summed E-state index contributed by atoms with van der Waals surface area (Å²) in [5, 5.41) is 5.05. The highest BCUT2D eigenvalue weighted by Crippen LogP contribution is 2.31. The number of carbonyl (C=O) groups is 2. The molecular weight excluding hydrogens is 368 g/mol. The first kappa shape index (κ1) is 19.2. The van der Waals surface area contributed by atoms with Crippen LogP contribution in [0.5, 0.6) is 11.5 Å². The normalized spacial score (nSPS) is 12.7. The van der Waals surface area contributed by atoms with Crippen LogP contribution in [0, 0.1) is 0 Å². The molecule has 2 heterocycles. The molecule has 1 N–H and O–H groups in total. The van der Waals surface area contributed by atoms with Crippen molar-refractivity contribution in [1.82, 2.24) is 4.90 Å². The highest BCUT2D eigenvalue weighted by atomic mass is 32.1. The molecule has 0 fully saturated rings. The third kappa shape index (κ3) is 4.99. The van der Waals surface area contributed by atoms with Gasteiger partial charge in [0.15, 0.2) is 11.5 Å². The van der Waals surface area contributed by atoms with E-state index in [1.54, 1.807) is 18.4 Å². The first-order valence-electron chi connectivity index (χ1n) is 8.68. The van der Waals surface area contributed by atoms with Crippen LogP contribution in [0.4, 0.5) is 5.00 Å². The number of nitrogens with zero attached hydrogens (tertiary/aromatic N) is 1. The number of ether oxygens (including phenoxy) is 3. The van der Waals surface area contributed by atoms with E-state index in [1.165, 1.54) is 11.3 Å². The number of hydrogen-bond donors (Lipinski definition) is 1. The van der Waals surface area contributed by atoms with Crippen LogP contribution in [-0.2, 0) is 16.1 Å². The molecule has 1 aliphatic rings. The van der Waals surface area contributed by atoms with Gasteiger partial charge >= 0.3 is 5.97 Å². The second kappa shape index (κ2) is 8.88. The zero-order valence-electron chi connectivity index (χ0n) is 15.3. The van der Waals surface area contributed by atoms with Crippen LogP contribution in [0.15, 0.2) is 29.6 Å². The lowest BCUT2D eigenvalue weighted by Crippen LogP contribution is -2.30. The molecular formula is C19H22N2O5S. The minimum Gasteiger partial charge on any atom is -0.486 e. The Morgan fingerprint density at radius 1 is 1.22 bits per heavy atom. The van der Waals surface area contributed by atoms with E-state index >= 15 is 0 Å². The van der Waals surface area contributed by atoms with Crippen LogP contribution in [-0.4, -0.2) is 50.2 Å². The third-order valence-electron chi connectivity index (χ3n) is 3.89. The van der Waals surface area contributed by atoms with Gasteiger partial charge in [0.05, 0.1) is 18.7 Å². The molecule has 0 unspecified atom stereocenters. The number of rotatable bonds is 7. The Hall–Kier alpha value is -2.58. The van der Waals surface area contributed by atoms with Gasteiger partial charge in [-0.15, -0.1) is 11.3 Å². The molecule has 8 heteroatoms. The summed E-state index contributed by atoms with van der Waals surface area (Å²) in [6.07, 6.45) is 0. The summed E-state index contributed by atoms with van der Waals surface area (Å²) in [7, 11) is 1.86. The number of fused-ring (bicyclic) bond motifs is 1. The molecule has 2 aromatic rings. The SMILES string of the molecule is CCOC(=O)c1ccsc1NC(=O)CN(C)Cc1ccc2c(c1)OCCO2. The maximum atomic E-state index is 12.3. The predicted molar refractivity (Wildman–Crippen MR) is 103 cm³/mol. The van der Waals surface area contributed by atoms with E-state index in [2.05, 4.69) is 5.32 Å². The van der Waals surface area contributed by atoms with Gasteiger partial charge in [-0.05, 0) is 43.1 Å². The minimum atomic E-state index is -0.432. The molecule has 1 aliphatic heterocycles. The highest BCUT2D eigenvalue weighted by Gasteiger charge is 2.17. The molecule has 0 saturated carbocycles. The lowest BCUT2D eigenvalue weighted by atomic mass is 10.2. The third-order valence-corrected chi connectivity index (χ3v) is 4.72. The molecule has 27 heavy (non-hydrogen) atoms. The van der Waals surface area contributed by atoms with Crippen molar-refractivity contribution in [2.45, 2.75) is 13.5 Å². The molecule has 0 radical (unpaired) electrons. The summed E-state index contributed by atoms with van der Waals surface area (Å²) in [5.74, 6) is 0.852. The maximum Gasteiger partial charge on any atom is 0.341 e. The highest BCUT2D eigenvalue weighted by molar-refractivity contribution is 7.14. The van der Waals surface area contributed by atoms with Gasteiger partial charge in [0, 0.05) is 6.54 Å². The Morgan fingerprint density at radius 3 is 2.78 bits per heavy atom. The standard InChI is InChI=1S/C19H22N2O5S/c1-3-24-19(23)14-6-9-27-18(14)20-17(22)12-21(2)11-13-4-5-15-16(10-13)26-8-7-25-15/h4-6,9-10H,3,7-8,11-12H2,1-2H3,(H,20,22). The molecule has 0 spiro atoms. The molecule has 0 bridgehead atoms. The number of likely N-dealkylation sites (N-methyl/N-ethyl adjacent to an activating group) is 1. The fourth-order valence-electron chi connectivity index (χ4n) is 2.74. The number of esters is 1. The van der Waals surface area contributed by atoms with Crippen molar-refractivity contribution in [1.29, 1.82) is 0 Å². The number of amides is 1. The molecule has 0 aliphatic carbocycles. The van der Waals surface area contributed by atoms with E-state index in [-0.39, 0.29) is 12.5 Å². The number of thiophene rings is 1. The summed E-state index contributed by atoms with van der Waals surface area (Å²) in [6.45, 7) is 3.91. The average molecular weight is 390 g/mol. The van der Waals surface area contributed by atoms with Gasteiger partial charge in [0.2, 0.25) is 5.91 Å². The van der Waals surface area contributed by atoms with Gasteiger partial charge in [-0.3, -0.25) is 9.69 Å². The molecule has 3 rings (SSSR count). The summed E-state index contributed by atoms with van der Waals surface area (Å²) < 4.78 is 16.1. The zero-order chi connectivity index (χ0) is 19.2. The van der Waals surface area contributed by atoms with Gasteiger partial charge in [-0.25, -0.2) is 4.79 Å². The molecule has 0 saturated heterocycles. The largest absolute Gasteiger partial charge is 0.486 e. The van der Waals surface area contributed by atoms with Crippen molar-refractivity contribution in [2.24, 2.45) is 0 Å². The molecule has 1 amide bonds. The van der Waals surface area contributed by atoms with Gasteiger partial charge in [0.25, 0.3) is 0 Å². The molecule has 1 aromatic carbocycles. The number of benzene rings is 1. The van der Waals surface area contributed by atoms with Crippen LogP contribution < -0.4 is 14.8 Å². The Bertz CT molecular complexity index is 820. The smallest absolute Gasteiger partial charge is 0.341 e. The van der Waals surface area contributed by atoms with Gasteiger partial charge in [-0.1, -0.05) is 6.07 Å². The summed E-state index contributed by atoms with van der Waals surface area (Å²) in [5.41, 5.74) is 1.41. The fourth-order valence-corrected chi connectivity index (χ4v) is 3.53. The van der Waals surface area contributed by atoms with Crippen LogP contribution in [0.2, 0.25) is 0 Å². The molecule has 144 valence electrons. The van der Waals surface area contributed by atoms with Crippen LogP contribution in [0.1, 0.15) is 22.8 Å². The van der Waals surface area contributed by atoms with Gasteiger partial charge in [0.1, 0.15) is 18.2 Å². The predicted octanol–water partition coefficient (Wildman–Crippen LogP) is 2.77. The lowest BCUT2D eigenvalue weighted by molar-refractivity contribution is -0.117. The first-order chi connectivity index (χ1) is 13.1. The van der Waals surface area contributed by atoms with E-state index in [9.17, 15) is 9.59 Å². The molecule has 0 atom stereocenters. The Balaban J connectivity index is 1.55. The number of hydrogen-bond acceptors (Lipinski definition) is 7. The van der Waals surface area contributed by atoms with E-state index in [0.29, 0.717) is 36.9 Å². The topological polar surface area (TPSA) is 77.1 Å². The van der Waals surface area contributed by atoms with Crippen molar-refractivity contribution in [3.8, 4) is 11.5 Å².